The van der Waals surface area contributed by atoms with Crippen molar-refractivity contribution in [2.75, 3.05) is 20.1 Å². The van der Waals surface area contributed by atoms with Crippen LogP contribution < -0.4 is 5.32 Å². The van der Waals surface area contributed by atoms with Gasteiger partial charge in [-0.2, -0.15) is 0 Å². The summed E-state index contributed by atoms with van der Waals surface area (Å²) in [5.41, 5.74) is 5.79. The van der Waals surface area contributed by atoms with E-state index < -0.39 is 0 Å². The minimum atomic E-state index is 0. The van der Waals surface area contributed by atoms with Crippen LogP contribution in [0.1, 0.15) is 35.1 Å². The molecule has 1 N–H and O–H groups in total. The van der Waals surface area contributed by atoms with E-state index in [1.807, 2.05) is 0 Å². The molecule has 0 bridgehead atoms. The molecule has 0 spiro atoms. The highest BCUT2D eigenvalue weighted by Gasteiger charge is 2.19. The summed E-state index contributed by atoms with van der Waals surface area (Å²) in [5, 5.41) is 3.42. The molecular formula is C16H27ClN2. The minimum Gasteiger partial charge on any atom is -0.316 e. The van der Waals surface area contributed by atoms with E-state index in [2.05, 4.69) is 50.2 Å². The second-order valence-corrected chi connectivity index (χ2v) is 5.74. The summed E-state index contributed by atoms with van der Waals surface area (Å²) in [4.78, 5) is 2.59. The Morgan fingerprint density at radius 1 is 1.21 bits per heavy atom. The summed E-state index contributed by atoms with van der Waals surface area (Å²) < 4.78 is 0. The second kappa shape index (κ2) is 7.28. The van der Waals surface area contributed by atoms with Crippen LogP contribution in [0.2, 0.25) is 0 Å². The second-order valence-electron chi connectivity index (χ2n) is 5.74. The van der Waals surface area contributed by atoms with Crippen LogP contribution in [0.3, 0.4) is 0 Å². The van der Waals surface area contributed by atoms with Gasteiger partial charge in [0, 0.05) is 19.1 Å². The van der Waals surface area contributed by atoms with Crippen LogP contribution in [-0.4, -0.2) is 31.1 Å². The van der Waals surface area contributed by atoms with Crippen molar-refractivity contribution in [2.45, 2.75) is 46.2 Å². The molecule has 1 aliphatic heterocycles. The van der Waals surface area contributed by atoms with Gasteiger partial charge in [-0.05, 0) is 63.9 Å². The minimum absolute atomic E-state index is 0. The van der Waals surface area contributed by atoms with Crippen molar-refractivity contribution in [3.63, 3.8) is 0 Å². The molecule has 1 heterocycles. The van der Waals surface area contributed by atoms with E-state index in [0.717, 1.165) is 6.54 Å². The van der Waals surface area contributed by atoms with Gasteiger partial charge in [0.05, 0.1) is 0 Å². The molecule has 1 aromatic carbocycles. The van der Waals surface area contributed by atoms with Crippen LogP contribution in [0, 0.1) is 20.8 Å². The van der Waals surface area contributed by atoms with Crippen LogP contribution in [-0.2, 0) is 6.54 Å². The fraction of sp³-hybridized carbons (Fsp3) is 0.625. The molecular weight excluding hydrogens is 256 g/mol. The van der Waals surface area contributed by atoms with Gasteiger partial charge >= 0.3 is 0 Å². The number of halogens is 1. The van der Waals surface area contributed by atoms with E-state index in [-0.39, 0.29) is 12.4 Å². The van der Waals surface area contributed by atoms with Gasteiger partial charge in [-0.15, -0.1) is 12.4 Å². The van der Waals surface area contributed by atoms with Gasteiger partial charge in [0.1, 0.15) is 0 Å². The number of nitrogens with one attached hydrogen (secondary N) is 1. The number of rotatable bonds is 3. The quantitative estimate of drug-likeness (QED) is 0.916. The average molecular weight is 283 g/mol. The van der Waals surface area contributed by atoms with Crippen LogP contribution in [0.4, 0.5) is 0 Å². The van der Waals surface area contributed by atoms with Crippen molar-refractivity contribution >= 4 is 12.4 Å². The molecule has 0 aliphatic carbocycles. The molecule has 1 aliphatic rings. The zero-order chi connectivity index (χ0) is 13.1. The van der Waals surface area contributed by atoms with Crippen LogP contribution >= 0.6 is 12.4 Å². The molecule has 3 heteroatoms. The highest BCUT2D eigenvalue weighted by atomic mass is 35.5. The van der Waals surface area contributed by atoms with Gasteiger partial charge in [-0.3, -0.25) is 4.90 Å². The summed E-state index contributed by atoms with van der Waals surface area (Å²) in [7, 11) is 2.08. The highest BCUT2D eigenvalue weighted by Crippen LogP contribution is 2.20. The predicted octanol–water partition coefficient (Wildman–Crippen LogP) is 3.22. The number of hydrogen-bond acceptors (Lipinski definition) is 2. The van der Waals surface area contributed by atoms with Gasteiger partial charge in [0.2, 0.25) is 0 Å². The normalized spacial score (nSPS) is 20.1. The van der Waals surface area contributed by atoms with Crippen molar-refractivity contribution < 1.29 is 0 Å². The van der Waals surface area contributed by atoms with E-state index in [9.17, 15) is 0 Å². The van der Waals surface area contributed by atoms with E-state index >= 15 is 0 Å². The first-order valence-corrected chi connectivity index (χ1v) is 7.06. The third-order valence-electron chi connectivity index (χ3n) is 4.14. The molecule has 108 valence electrons. The van der Waals surface area contributed by atoms with Crippen molar-refractivity contribution in [2.24, 2.45) is 0 Å². The maximum Gasteiger partial charge on any atom is 0.0239 e. The Morgan fingerprint density at radius 3 is 2.42 bits per heavy atom. The molecule has 2 nitrogen and oxygen atoms in total. The van der Waals surface area contributed by atoms with Crippen molar-refractivity contribution in [1.29, 1.82) is 0 Å². The SMILES string of the molecule is CNC1CCCN(Cc2c(C)cc(C)cc2C)C1.Cl. The summed E-state index contributed by atoms with van der Waals surface area (Å²) >= 11 is 0. The number of aryl methyl sites for hydroxylation is 3. The standard InChI is InChI=1S/C16H26N2.ClH/c1-12-8-13(2)16(14(3)9-12)11-18-7-5-6-15(10-18)17-4;/h8-9,15,17H,5-7,10-11H2,1-4H3;1H. The van der Waals surface area contributed by atoms with Gasteiger partial charge in [0.25, 0.3) is 0 Å². The van der Waals surface area contributed by atoms with Crippen molar-refractivity contribution in [3.05, 3.63) is 34.4 Å². The Labute approximate surface area is 124 Å². The molecule has 2 rings (SSSR count). The Kier molecular flexibility index (Phi) is 6.31. The first-order chi connectivity index (χ1) is 8.60. The molecule has 19 heavy (non-hydrogen) atoms. The zero-order valence-corrected chi connectivity index (χ0v) is 13.4. The van der Waals surface area contributed by atoms with E-state index in [0.29, 0.717) is 6.04 Å². The molecule has 0 amide bonds. The number of hydrogen-bond donors (Lipinski definition) is 1. The third-order valence-corrected chi connectivity index (χ3v) is 4.14. The maximum absolute atomic E-state index is 3.42. The lowest BCUT2D eigenvalue weighted by molar-refractivity contribution is 0.187. The lowest BCUT2D eigenvalue weighted by Gasteiger charge is -2.33. The Bertz CT molecular complexity index is 394. The molecule has 1 saturated heterocycles. The monoisotopic (exact) mass is 282 g/mol. The number of nitrogens with zero attached hydrogens (tertiary/aromatic N) is 1. The van der Waals surface area contributed by atoms with Crippen LogP contribution in [0.15, 0.2) is 12.1 Å². The molecule has 1 unspecified atom stereocenters. The smallest absolute Gasteiger partial charge is 0.0239 e. The lowest BCUT2D eigenvalue weighted by Crippen LogP contribution is -2.44. The zero-order valence-electron chi connectivity index (χ0n) is 12.6. The number of benzene rings is 1. The van der Waals surface area contributed by atoms with E-state index in [1.165, 1.54) is 48.2 Å². The fourth-order valence-electron chi connectivity index (χ4n) is 3.12. The maximum atomic E-state index is 3.42. The molecule has 1 atom stereocenters. The van der Waals surface area contributed by atoms with E-state index in [1.54, 1.807) is 0 Å². The summed E-state index contributed by atoms with van der Waals surface area (Å²) in [6, 6.07) is 5.29. The molecule has 1 aromatic rings. The molecule has 0 radical (unpaired) electrons. The first-order valence-electron chi connectivity index (χ1n) is 7.06. The molecule has 1 fully saturated rings. The van der Waals surface area contributed by atoms with Gasteiger partial charge < -0.3 is 5.32 Å². The lowest BCUT2D eigenvalue weighted by atomic mass is 9.98. The molecule has 0 aromatic heterocycles. The largest absolute Gasteiger partial charge is 0.316 e. The van der Waals surface area contributed by atoms with Crippen molar-refractivity contribution in [3.8, 4) is 0 Å². The highest BCUT2D eigenvalue weighted by molar-refractivity contribution is 5.85. The van der Waals surface area contributed by atoms with Gasteiger partial charge in [-0.1, -0.05) is 17.7 Å². The average Bonchev–Trinajstić information content (AvgIpc) is 2.34. The van der Waals surface area contributed by atoms with Gasteiger partial charge in [-0.25, -0.2) is 0 Å². The Morgan fingerprint density at radius 2 is 1.84 bits per heavy atom. The third kappa shape index (κ3) is 4.20. The predicted molar refractivity (Wildman–Crippen MR) is 85.3 cm³/mol. The Balaban J connectivity index is 0.00000180. The van der Waals surface area contributed by atoms with E-state index in [4.69, 9.17) is 0 Å². The fourth-order valence-corrected chi connectivity index (χ4v) is 3.12. The summed E-state index contributed by atoms with van der Waals surface area (Å²) in [5.74, 6) is 0. The first kappa shape index (κ1) is 16.5. The van der Waals surface area contributed by atoms with Crippen LogP contribution in [0.25, 0.3) is 0 Å². The Hall–Kier alpha value is -0.570. The van der Waals surface area contributed by atoms with Gasteiger partial charge in [0.15, 0.2) is 0 Å². The van der Waals surface area contributed by atoms with Crippen molar-refractivity contribution in [1.82, 2.24) is 10.2 Å². The topological polar surface area (TPSA) is 15.3 Å². The number of likely N-dealkylation sites (tertiary alicyclic amines) is 1. The number of likely N-dealkylation sites (N-methyl/N-ethyl adjacent to an activating group) is 1. The molecule has 0 saturated carbocycles. The number of piperidine rings is 1. The van der Waals surface area contributed by atoms with Crippen LogP contribution in [0.5, 0.6) is 0 Å². The summed E-state index contributed by atoms with van der Waals surface area (Å²) in [6.07, 6.45) is 2.63. The summed E-state index contributed by atoms with van der Waals surface area (Å²) in [6.45, 7) is 10.2.